The van der Waals surface area contributed by atoms with Crippen LogP contribution in [0.4, 0.5) is 5.82 Å². The van der Waals surface area contributed by atoms with Gasteiger partial charge in [-0.3, -0.25) is 0 Å². The van der Waals surface area contributed by atoms with Crippen LogP contribution in [0.15, 0.2) is 12.1 Å². The van der Waals surface area contributed by atoms with Crippen molar-refractivity contribution in [2.75, 3.05) is 19.0 Å². The Morgan fingerprint density at radius 1 is 1.19 bits per heavy atom. The molecule has 1 aliphatic carbocycles. The molecule has 0 spiro atoms. The summed E-state index contributed by atoms with van der Waals surface area (Å²) in [5, 5.41) is 3.26. The van der Waals surface area contributed by atoms with Crippen molar-refractivity contribution in [3.63, 3.8) is 0 Å². The number of pyridine rings is 1. The standard InChI is InChI=1S/C18H31N3/c1-4-9-16-12-15(14-19-2)13-18(20-16)21(3)17-10-7-5-6-8-11-17/h12-13,17,19H,4-11,14H2,1-3H3. The number of nitrogens with zero attached hydrogens (tertiary/aromatic N) is 2. The van der Waals surface area contributed by atoms with Gasteiger partial charge in [-0.2, -0.15) is 0 Å². The molecule has 21 heavy (non-hydrogen) atoms. The summed E-state index contributed by atoms with van der Waals surface area (Å²) in [5.41, 5.74) is 2.59. The summed E-state index contributed by atoms with van der Waals surface area (Å²) in [6.07, 6.45) is 10.4. The number of anilines is 1. The van der Waals surface area contributed by atoms with Crippen LogP contribution in [-0.2, 0) is 13.0 Å². The fraction of sp³-hybridized carbons (Fsp3) is 0.722. The number of hydrogen-bond donors (Lipinski definition) is 1. The zero-order chi connectivity index (χ0) is 15.1. The van der Waals surface area contributed by atoms with Crippen molar-refractivity contribution in [1.82, 2.24) is 10.3 Å². The Morgan fingerprint density at radius 3 is 2.52 bits per heavy atom. The van der Waals surface area contributed by atoms with Gasteiger partial charge in [0.25, 0.3) is 0 Å². The Balaban J connectivity index is 2.18. The molecule has 1 heterocycles. The number of rotatable bonds is 6. The van der Waals surface area contributed by atoms with Crippen LogP contribution in [0.2, 0.25) is 0 Å². The molecular formula is C18H31N3. The van der Waals surface area contributed by atoms with Crippen molar-refractivity contribution in [3.8, 4) is 0 Å². The van der Waals surface area contributed by atoms with Crippen LogP contribution in [-0.4, -0.2) is 25.1 Å². The molecule has 1 saturated carbocycles. The minimum absolute atomic E-state index is 0.666. The van der Waals surface area contributed by atoms with Gasteiger partial charge in [0, 0.05) is 25.3 Å². The van der Waals surface area contributed by atoms with E-state index in [-0.39, 0.29) is 0 Å². The molecular weight excluding hydrogens is 258 g/mol. The van der Waals surface area contributed by atoms with Crippen molar-refractivity contribution >= 4 is 5.82 Å². The second-order valence-corrected chi connectivity index (χ2v) is 6.36. The zero-order valence-corrected chi connectivity index (χ0v) is 14.0. The van der Waals surface area contributed by atoms with E-state index in [1.54, 1.807) is 0 Å². The second kappa shape index (κ2) is 8.38. The maximum absolute atomic E-state index is 4.91. The van der Waals surface area contributed by atoms with Gasteiger partial charge < -0.3 is 10.2 Å². The van der Waals surface area contributed by atoms with Crippen LogP contribution in [0.5, 0.6) is 0 Å². The summed E-state index contributed by atoms with van der Waals surface area (Å²) in [4.78, 5) is 7.34. The molecule has 3 heteroatoms. The van der Waals surface area contributed by atoms with Crippen LogP contribution >= 0.6 is 0 Å². The average Bonchev–Trinajstić information content (AvgIpc) is 2.76. The summed E-state index contributed by atoms with van der Waals surface area (Å²) in [5.74, 6) is 1.16. The molecule has 0 amide bonds. The predicted octanol–water partition coefficient (Wildman–Crippen LogP) is 3.91. The number of aromatic nitrogens is 1. The van der Waals surface area contributed by atoms with E-state index in [4.69, 9.17) is 4.98 Å². The maximum atomic E-state index is 4.91. The van der Waals surface area contributed by atoms with E-state index in [1.807, 2.05) is 7.05 Å². The minimum Gasteiger partial charge on any atom is -0.357 e. The van der Waals surface area contributed by atoms with Crippen molar-refractivity contribution in [2.24, 2.45) is 0 Å². The lowest BCUT2D eigenvalue weighted by Gasteiger charge is -2.29. The molecule has 1 aliphatic rings. The number of hydrogen-bond acceptors (Lipinski definition) is 3. The molecule has 0 unspecified atom stereocenters. The largest absolute Gasteiger partial charge is 0.357 e. The van der Waals surface area contributed by atoms with E-state index in [0.717, 1.165) is 25.2 Å². The normalized spacial score (nSPS) is 16.7. The first-order chi connectivity index (χ1) is 10.2. The molecule has 0 aromatic carbocycles. The van der Waals surface area contributed by atoms with Crippen LogP contribution in [0, 0.1) is 0 Å². The zero-order valence-electron chi connectivity index (χ0n) is 14.0. The SMILES string of the molecule is CCCc1cc(CNC)cc(N(C)C2CCCCCC2)n1. The highest BCUT2D eigenvalue weighted by Gasteiger charge is 2.18. The summed E-state index contributed by atoms with van der Waals surface area (Å²) < 4.78 is 0. The van der Waals surface area contributed by atoms with Gasteiger partial charge in [-0.15, -0.1) is 0 Å². The third-order valence-corrected chi connectivity index (χ3v) is 4.55. The first-order valence-corrected chi connectivity index (χ1v) is 8.62. The molecule has 0 bridgehead atoms. The van der Waals surface area contributed by atoms with Crippen LogP contribution in [0.25, 0.3) is 0 Å². The highest BCUT2D eigenvalue weighted by molar-refractivity contribution is 5.43. The third kappa shape index (κ3) is 4.70. The summed E-state index contributed by atoms with van der Waals surface area (Å²) >= 11 is 0. The molecule has 0 atom stereocenters. The Bertz CT molecular complexity index is 398. The Kier molecular flexibility index (Phi) is 6.50. The Labute approximate surface area is 130 Å². The molecule has 0 aliphatic heterocycles. The van der Waals surface area contributed by atoms with Gasteiger partial charge in [-0.1, -0.05) is 39.0 Å². The van der Waals surface area contributed by atoms with Gasteiger partial charge in [0.15, 0.2) is 0 Å². The van der Waals surface area contributed by atoms with Gasteiger partial charge in [-0.05, 0) is 44.0 Å². The molecule has 0 saturated heterocycles. The highest BCUT2D eigenvalue weighted by Crippen LogP contribution is 2.25. The monoisotopic (exact) mass is 289 g/mol. The average molecular weight is 289 g/mol. The van der Waals surface area contributed by atoms with Gasteiger partial charge in [0.2, 0.25) is 0 Å². The van der Waals surface area contributed by atoms with Crippen molar-refractivity contribution in [3.05, 3.63) is 23.4 Å². The summed E-state index contributed by atoms with van der Waals surface area (Å²) in [6, 6.07) is 5.18. The summed E-state index contributed by atoms with van der Waals surface area (Å²) in [6.45, 7) is 3.14. The quantitative estimate of drug-likeness (QED) is 0.805. The van der Waals surface area contributed by atoms with Crippen LogP contribution in [0.3, 0.4) is 0 Å². The third-order valence-electron chi connectivity index (χ3n) is 4.55. The van der Waals surface area contributed by atoms with Gasteiger partial charge in [0.1, 0.15) is 5.82 Å². The molecule has 118 valence electrons. The lowest BCUT2D eigenvalue weighted by molar-refractivity contribution is 0.548. The molecule has 1 aromatic rings. The Morgan fingerprint density at radius 2 is 1.90 bits per heavy atom. The molecule has 3 nitrogen and oxygen atoms in total. The van der Waals surface area contributed by atoms with Gasteiger partial charge in [0.05, 0.1) is 0 Å². The molecule has 1 fully saturated rings. The lowest BCUT2D eigenvalue weighted by Crippen LogP contribution is -2.32. The molecule has 0 radical (unpaired) electrons. The first-order valence-electron chi connectivity index (χ1n) is 8.62. The van der Waals surface area contributed by atoms with E-state index in [2.05, 4.69) is 36.3 Å². The maximum Gasteiger partial charge on any atom is 0.129 e. The smallest absolute Gasteiger partial charge is 0.129 e. The Hall–Kier alpha value is -1.09. The van der Waals surface area contributed by atoms with E-state index in [9.17, 15) is 0 Å². The topological polar surface area (TPSA) is 28.2 Å². The van der Waals surface area contributed by atoms with Gasteiger partial charge in [-0.25, -0.2) is 4.98 Å². The predicted molar refractivity (Wildman–Crippen MR) is 90.9 cm³/mol. The van der Waals surface area contributed by atoms with Crippen molar-refractivity contribution < 1.29 is 0 Å². The fourth-order valence-corrected chi connectivity index (χ4v) is 3.34. The van der Waals surface area contributed by atoms with E-state index in [0.29, 0.717) is 6.04 Å². The molecule has 1 aromatic heterocycles. The van der Waals surface area contributed by atoms with E-state index in [1.165, 1.54) is 49.8 Å². The van der Waals surface area contributed by atoms with Gasteiger partial charge >= 0.3 is 0 Å². The highest BCUT2D eigenvalue weighted by atomic mass is 15.2. The van der Waals surface area contributed by atoms with E-state index >= 15 is 0 Å². The number of nitrogens with one attached hydrogen (secondary N) is 1. The van der Waals surface area contributed by atoms with Crippen LogP contribution in [0.1, 0.15) is 63.1 Å². The fourth-order valence-electron chi connectivity index (χ4n) is 3.34. The molecule has 1 N–H and O–H groups in total. The van der Waals surface area contributed by atoms with E-state index < -0.39 is 0 Å². The van der Waals surface area contributed by atoms with Crippen LogP contribution < -0.4 is 10.2 Å². The minimum atomic E-state index is 0.666. The van der Waals surface area contributed by atoms with Crippen molar-refractivity contribution in [1.29, 1.82) is 0 Å². The lowest BCUT2D eigenvalue weighted by atomic mass is 10.1. The second-order valence-electron chi connectivity index (χ2n) is 6.36. The summed E-state index contributed by atoms with van der Waals surface area (Å²) in [7, 11) is 4.24. The number of aryl methyl sites for hydroxylation is 1. The molecule has 2 rings (SSSR count). The first kappa shape index (κ1) is 16.3. The van der Waals surface area contributed by atoms with Crippen molar-refractivity contribution in [2.45, 2.75) is 70.9 Å².